The number of hydrogen-bond acceptors (Lipinski definition) is 5. The normalized spacial score (nSPS) is 16.0. The molecule has 0 atom stereocenters. The van der Waals surface area contributed by atoms with Gasteiger partial charge in [-0.1, -0.05) is 30.3 Å². The number of para-hydroxylation sites is 2. The van der Waals surface area contributed by atoms with Crippen LogP contribution in [0.2, 0.25) is 0 Å². The average molecular weight is 352 g/mol. The Kier molecular flexibility index (Phi) is 7.05. The van der Waals surface area contributed by atoms with Gasteiger partial charge in [0.25, 0.3) is 0 Å². The van der Waals surface area contributed by atoms with Gasteiger partial charge in [0, 0.05) is 38.3 Å². The van der Waals surface area contributed by atoms with Gasteiger partial charge in [-0.3, -0.25) is 5.43 Å². The summed E-state index contributed by atoms with van der Waals surface area (Å²) < 4.78 is 6.00. The average Bonchev–Trinajstić information content (AvgIpc) is 2.68. The van der Waals surface area contributed by atoms with Crippen molar-refractivity contribution in [1.82, 2.24) is 9.80 Å². The van der Waals surface area contributed by atoms with E-state index >= 15 is 0 Å². The molecule has 2 aromatic rings. The lowest BCUT2D eigenvalue weighted by atomic mass is 10.2. The monoisotopic (exact) mass is 352 g/mol. The SMILES string of the molecule is CN1CCN(CCCOc2ccccc2C=NNc2ccccc2)CC1. The van der Waals surface area contributed by atoms with E-state index in [2.05, 4.69) is 27.4 Å². The predicted octanol–water partition coefficient (Wildman–Crippen LogP) is 3.15. The molecule has 1 N–H and O–H groups in total. The smallest absolute Gasteiger partial charge is 0.128 e. The number of ether oxygens (including phenoxy) is 1. The van der Waals surface area contributed by atoms with Gasteiger partial charge in [-0.05, 0) is 37.7 Å². The quantitative estimate of drug-likeness (QED) is 0.450. The van der Waals surface area contributed by atoms with E-state index in [0.29, 0.717) is 0 Å². The van der Waals surface area contributed by atoms with Crippen LogP contribution in [0.1, 0.15) is 12.0 Å². The van der Waals surface area contributed by atoms with Gasteiger partial charge in [0.1, 0.15) is 5.75 Å². The van der Waals surface area contributed by atoms with Crippen LogP contribution in [-0.2, 0) is 0 Å². The van der Waals surface area contributed by atoms with E-state index in [1.54, 1.807) is 0 Å². The number of hydrazone groups is 1. The van der Waals surface area contributed by atoms with Gasteiger partial charge in [-0.15, -0.1) is 0 Å². The summed E-state index contributed by atoms with van der Waals surface area (Å²) in [7, 11) is 2.19. The van der Waals surface area contributed by atoms with Crippen LogP contribution in [0.3, 0.4) is 0 Å². The number of likely N-dealkylation sites (N-methyl/N-ethyl adjacent to an activating group) is 1. The molecule has 0 amide bonds. The number of piperazine rings is 1. The highest BCUT2D eigenvalue weighted by molar-refractivity contribution is 5.83. The van der Waals surface area contributed by atoms with Crippen molar-refractivity contribution in [3.8, 4) is 5.75 Å². The van der Waals surface area contributed by atoms with Crippen LogP contribution in [0.4, 0.5) is 5.69 Å². The molecule has 5 heteroatoms. The van der Waals surface area contributed by atoms with Crippen molar-refractivity contribution in [2.24, 2.45) is 5.10 Å². The number of nitrogens with one attached hydrogen (secondary N) is 1. The highest BCUT2D eigenvalue weighted by Crippen LogP contribution is 2.16. The van der Waals surface area contributed by atoms with Gasteiger partial charge in [-0.2, -0.15) is 5.10 Å². The van der Waals surface area contributed by atoms with Crippen molar-refractivity contribution in [2.75, 3.05) is 51.8 Å². The maximum Gasteiger partial charge on any atom is 0.128 e. The van der Waals surface area contributed by atoms with Crippen LogP contribution >= 0.6 is 0 Å². The first-order valence-electron chi connectivity index (χ1n) is 9.28. The van der Waals surface area contributed by atoms with E-state index in [1.165, 1.54) is 0 Å². The molecule has 0 spiro atoms. The second kappa shape index (κ2) is 9.94. The van der Waals surface area contributed by atoms with Gasteiger partial charge in [-0.25, -0.2) is 0 Å². The van der Waals surface area contributed by atoms with E-state index in [0.717, 1.165) is 62.8 Å². The zero-order chi connectivity index (χ0) is 18.0. The summed E-state index contributed by atoms with van der Waals surface area (Å²) in [5, 5.41) is 4.31. The molecule has 1 heterocycles. The Hall–Kier alpha value is -2.37. The summed E-state index contributed by atoms with van der Waals surface area (Å²) in [6, 6.07) is 17.9. The molecular formula is C21H28N4O. The minimum Gasteiger partial charge on any atom is -0.493 e. The number of anilines is 1. The molecule has 26 heavy (non-hydrogen) atoms. The molecule has 1 aliphatic heterocycles. The van der Waals surface area contributed by atoms with Crippen molar-refractivity contribution in [3.05, 3.63) is 60.2 Å². The molecule has 1 saturated heterocycles. The Morgan fingerprint density at radius 2 is 1.73 bits per heavy atom. The second-order valence-corrected chi connectivity index (χ2v) is 6.62. The number of rotatable bonds is 8. The molecule has 1 fully saturated rings. The summed E-state index contributed by atoms with van der Waals surface area (Å²) in [5.74, 6) is 0.879. The third-order valence-corrected chi connectivity index (χ3v) is 4.56. The van der Waals surface area contributed by atoms with E-state index < -0.39 is 0 Å². The summed E-state index contributed by atoms with van der Waals surface area (Å²) in [6.07, 6.45) is 2.85. The first-order valence-corrected chi connectivity index (χ1v) is 9.28. The Balaban J connectivity index is 1.44. The molecule has 0 aliphatic carbocycles. The minimum absolute atomic E-state index is 0.726. The van der Waals surface area contributed by atoms with Crippen LogP contribution in [0.5, 0.6) is 5.75 Å². The number of nitrogens with zero attached hydrogens (tertiary/aromatic N) is 3. The van der Waals surface area contributed by atoms with Crippen LogP contribution < -0.4 is 10.2 Å². The second-order valence-electron chi connectivity index (χ2n) is 6.62. The first kappa shape index (κ1) is 18.4. The molecule has 0 aromatic heterocycles. The predicted molar refractivity (Wildman–Crippen MR) is 108 cm³/mol. The van der Waals surface area contributed by atoms with Crippen LogP contribution in [-0.4, -0.2) is 62.4 Å². The fourth-order valence-corrected chi connectivity index (χ4v) is 2.95. The maximum absolute atomic E-state index is 6.00. The maximum atomic E-state index is 6.00. The van der Waals surface area contributed by atoms with Gasteiger partial charge < -0.3 is 14.5 Å². The Labute approximate surface area is 156 Å². The highest BCUT2D eigenvalue weighted by atomic mass is 16.5. The van der Waals surface area contributed by atoms with Crippen molar-refractivity contribution >= 4 is 11.9 Å². The highest BCUT2D eigenvalue weighted by Gasteiger charge is 2.12. The van der Waals surface area contributed by atoms with Crippen molar-refractivity contribution in [3.63, 3.8) is 0 Å². The van der Waals surface area contributed by atoms with Gasteiger partial charge in [0.05, 0.1) is 18.5 Å². The molecule has 2 aromatic carbocycles. The fraction of sp³-hybridized carbons (Fsp3) is 0.381. The largest absolute Gasteiger partial charge is 0.493 e. The summed E-state index contributed by atoms with van der Waals surface area (Å²) in [4.78, 5) is 4.90. The summed E-state index contributed by atoms with van der Waals surface area (Å²) >= 11 is 0. The lowest BCUT2D eigenvalue weighted by Crippen LogP contribution is -2.44. The molecule has 5 nitrogen and oxygen atoms in total. The lowest BCUT2D eigenvalue weighted by Gasteiger charge is -2.32. The van der Waals surface area contributed by atoms with Crippen molar-refractivity contribution in [2.45, 2.75) is 6.42 Å². The fourth-order valence-electron chi connectivity index (χ4n) is 2.95. The molecule has 0 unspecified atom stereocenters. The summed E-state index contributed by atoms with van der Waals surface area (Å²) in [5.41, 5.74) is 4.99. The standard InChI is InChI=1S/C21H28N4O/c1-24-13-15-25(16-14-24)12-7-17-26-21-11-6-5-8-19(21)18-22-23-20-9-3-2-4-10-20/h2-6,8-11,18,23H,7,12-17H2,1H3. The number of hydrogen-bond donors (Lipinski definition) is 1. The van der Waals surface area contributed by atoms with E-state index in [4.69, 9.17) is 4.74 Å². The first-order chi connectivity index (χ1) is 12.8. The zero-order valence-electron chi connectivity index (χ0n) is 15.5. The molecule has 0 saturated carbocycles. The van der Waals surface area contributed by atoms with Crippen LogP contribution in [0.15, 0.2) is 59.7 Å². The molecule has 0 bridgehead atoms. The molecule has 138 valence electrons. The third kappa shape index (κ3) is 5.86. The van der Waals surface area contributed by atoms with Crippen LogP contribution in [0.25, 0.3) is 0 Å². The zero-order valence-corrected chi connectivity index (χ0v) is 15.5. The Bertz CT molecular complexity index is 681. The molecular weight excluding hydrogens is 324 g/mol. The van der Waals surface area contributed by atoms with Gasteiger partial charge in [0.15, 0.2) is 0 Å². The van der Waals surface area contributed by atoms with E-state index in [-0.39, 0.29) is 0 Å². The Morgan fingerprint density at radius 1 is 1.00 bits per heavy atom. The van der Waals surface area contributed by atoms with Crippen LogP contribution in [0, 0.1) is 0 Å². The number of benzene rings is 2. The van der Waals surface area contributed by atoms with Gasteiger partial charge >= 0.3 is 0 Å². The summed E-state index contributed by atoms with van der Waals surface area (Å²) in [6.45, 7) is 6.46. The third-order valence-electron chi connectivity index (χ3n) is 4.56. The Morgan fingerprint density at radius 3 is 2.54 bits per heavy atom. The van der Waals surface area contributed by atoms with E-state index in [1.807, 2.05) is 60.8 Å². The topological polar surface area (TPSA) is 40.1 Å². The van der Waals surface area contributed by atoms with E-state index in [9.17, 15) is 0 Å². The van der Waals surface area contributed by atoms with Crippen molar-refractivity contribution in [1.29, 1.82) is 0 Å². The van der Waals surface area contributed by atoms with Gasteiger partial charge in [0.2, 0.25) is 0 Å². The molecule has 1 aliphatic rings. The molecule has 0 radical (unpaired) electrons. The lowest BCUT2D eigenvalue weighted by molar-refractivity contribution is 0.145. The molecule has 3 rings (SSSR count). The van der Waals surface area contributed by atoms with Crippen molar-refractivity contribution < 1.29 is 4.74 Å². The minimum atomic E-state index is 0.726.